The van der Waals surface area contributed by atoms with E-state index in [4.69, 9.17) is 17.3 Å². The summed E-state index contributed by atoms with van der Waals surface area (Å²) >= 11 is 6.33. The van der Waals surface area contributed by atoms with Crippen molar-refractivity contribution in [3.63, 3.8) is 0 Å². The number of hydrogen-bond donors (Lipinski definition) is 1. The molecule has 0 aliphatic carbocycles. The quantitative estimate of drug-likeness (QED) is 0.918. The summed E-state index contributed by atoms with van der Waals surface area (Å²) in [6, 6.07) is 12.2. The molecule has 0 amide bonds. The molecule has 0 fully saturated rings. The van der Waals surface area contributed by atoms with Gasteiger partial charge < -0.3 is 10.6 Å². The first kappa shape index (κ1) is 14.8. The molecule has 1 atom stereocenters. The molecule has 1 unspecified atom stereocenters. The summed E-state index contributed by atoms with van der Waals surface area (Å²) in [5, 5.41) is 0.662. The second-order valence-corrected chi connectivity index (χ2v) is 5.37. The molecule has 0 spiro atoms. The van der Waals surface area contributed by atoms with Crippen LogP contribution in [0.4, 0.5) is 15.8 Å². The monoisotopic (exact) mass is 292 g/mol. The molecule has 2 aromatic rings. The van der Waals surface area contributed by atoms with Gasteiger partial charge in [0.15, 0.2) is 0 Å². The minimum Gasteiger partial charge on any atom is -0.343 e. The molecule has 2 N–H and O–H groups in total. The predicted octanol–water partition coefficient (Wildman–Crippen LogP) is 4.14. The minimum absolute atomic E-state index is 0.0498. The maximum Gasteiger partial charge on any atom is 0.123 e. The van der Waals surface area contributed by atoms with Crippen LogP contribution in [0.3, 0.4) is 0 Å². The average molecular weight is 293 g/mol. The summed E-state index contributed by atoms with van der Waals surface area (Å²) in [7, 11) is 1.92. The van der Waals surface area contributed by atoms with Crippen molar-refractivity contribution in [2.75, 3.05) is 11.9 Å². The molecular weight excluding hydrogens is 275 g/mol. The van der Waals surface area contributed by atoms with Crippen LogP contribution in [0.15, 0.2) is 42.5 Å². The summed E-state index contributed by atoms with van der Waals surface area (Å²) in [5.74, 6) is -0.253. The molecule has 0 aromatic heterocycles. The lowest BCUT2D eigenvalue weighted by Crippen LogP contribution is -2.20. The summed E-state index contributed by atoms with van der Waals surface area (Å²) in [6.45, 7) is 1.96. The summed E-state index contributed by atoms with van der Waals surface area (Å²) < 4.78 is 13.0. The largest absolute Gasteiger partial charge is 0.343 e. The lowest BCUT2D eigenvalue weighted by molar-refractivity contribution is 0.628. The van der Waals surface area contributed by atoms with Crippen LogP contribution in [0.1, 0.15) is 12.5 Å². The van der Waals surface area contributed by atoms with E-state index in [1.54, 1.807) is 12.1 Å². The van der Waals surface area contributed by atoms with Gasteiger partial charge in [0.05, 0.1) is 10.7 Å². The van der Waals surface area contributed by atoms with Crippen LogP contribution in [0.2, 0.25) is 5.02 Å². The van der Waals surface area contributed by atoms with E-state index in [2.05, 4.69) is 0 Å². The molecule has 0 aliphatic heterocycles. The molecule has 2 nitrogen and oxygen atoms in total. The SMILES string of the molecule is CC(N)Cc1cccc(Cl)c1N(C)c1ccc(F)cc1. The Morgan fingerprint density at radius 1 is 1.20 bits per heavy atom. The van der Waals surface area contributed by atoms with Crippen LogP contribution in [0, 0.1) is 5.82 Å². The van der Waals surface area contributed by atoms with Gasteiger partial charge in [0.25, 0.3) is 0 Å². The zero-order valence-electron chi connectivity index (χ0n) is 11.6. The van der Waals surface area contributed by atoms with E-state index in [1.165, 1.54) is 12.1 Å². The van der Waals surface area contributed by atoms with Crippen molar-refractivity contribution >= 4 is 23.0 Å². The van der Waals surface area contributed by atoms with Gasteiger partial charge in [-0.1, -0.05) is 23.7 Å². The Morgan fingerprint density at radius 2 is 1.85 bits per heavy atom. The van der Waals surface area contributed by atoms with E-state index in [0.29, 0.717) is 5.02 Å². The predicted molar refractivity (Wildman–Crippen MR) is 83.3 cm³/mol. The van der Waals surface area contributed by atoms with Gasteiger partial charge in [0.1, 0.15) is 5.82 Å². The number of halogens is 2. The highest BCUT2D eigenvalue weighted by molar-refractivity contribution is 6.33. The van der Waals surface area contributed by atoms with Gasteiger partial charge in [-0.05, 0) is 49.2 Å². The highest BCUT2D eigenvalue weighted by atomic mass is 35.5. The second-order valence-electron chi connectivity index (χ2n) is 4.96. The van der Waals surface area contributed by atoms with Crippen molar-refractivity contribution in [1.29, 1.82) is 0 Å². The fourth-order valence-corrected chi connectivity index (χ4v) is 2.56. The third-order valence-corrected chi connectivity index (χ3v) is 3.47. The van der Waals surface area contributed by atoms with E-state index in [9.17, 15) is 4.39 Å². The Kier molecular flexibility index (Phi) is 4.63. The zero-order chi connectivity index (χ0) is 14.7. The van der Waals surface area contributed by atoms with E-state index in [1.807, 2.05) is 37.1 Å². The van der Waals surface area contributed by atoms with Crippen molar-refractivity contribution in [1.82, 2.24) is 0 Å². The number of anilines is 2. The van der Waals surface area contributed by atoms with Crippen molar-refractivity contribution in [2.24, 2.45) is 5.73 Å². The fourth-order valence-electron chi connectivity index (χ4n) is 2.24. The van der Waals surface area contributed by atoms with Crippen LogP contribution in [0.5, 0.6) is 0 Å². The Balaban J connectivity index is 2.42. The third kappa shape index (κ3) is 3.30. The summed E-state index contributed by atoms with van der Waals surface area (Å²) in [6.07, 6.45) is 0.738. The van der Waals surface area contributed by atoms with Crippen molar-refractivity contribution < 1.29 is 4.39 Å². The molecule has 0 aliphatic rings. The zero-order valence-corrected chi connectivity index (χ0v) is 12.4. The maximum atomic E-state index is 13.0. The van der Waals surface area contributed by atoms with E-state index >= 15 is 0 Å². The molecule has 0 bridgehead atoms. The van der Waals surface area contributed by atoms with Crippen LogP contribution in [-0.2, 0) is 6.42 Å². The second kappa shape index (κ2) is 6.25. The highest BCUT2D eigenvalue weighted by Gasteiger charge is 2.14. The molecule has 2 rings (SSSR count). The van der Waals surface area contributed by atoms with Crippen molar-refractivity contribution in [3.05, 3.63) is 58.9 Å². The molecule has 0 saturated heterocycles. The first-order valence-corrected chi connectivity index (χ1v) is 6.89. The Hall–Kier alpha value is -1.58. The van der Waals surface area contributed by atoms with Gasteiger partial charge in [0.2, 0.25) is 0 Å². The molecule has 4 heteroatoms. The van der Waals surface area contributed by atoms with Gasteiger partial charge in [-0.3, -0.25) is 0 Å². The lowest BCUT2D eigenvalue weighted by Gasteiger charge is -2.24. The van der Waals surface area contributed by atoms with E-state index in [-0.39, 0.29) is 11.9 Å². The van der Waals surface area contributed by atoms with Gasteiger partial charge in [-0.25, -0.2) is 4.39 Å². The standard InChI is InChI=1S/C16H18ClFN2/c1-11(19)10-12-4-3-5-15(17)16(12)20(2)14-8-6-13(18)7-9-14/h3-9,11H,10,19H2,1-2H3. The summed E-state index contributed by atoms with van der Waals surface area (Å²) in [4.78, 5) is 1.96. The summed E-state index contributed by atoms with van der Waals surface area (Å²) in [5.41, 5.74) is 8.77. The first-order valence-electron chi connectivity index (χ1n) is 6.51. The Labute approximate surface area is 124 Å². The van der Waals surface area contributed by atoms with Crippen molar-refractivity contribution in [2.45, 2.75) is 19.4 Å². The van der Waals surface area contributed by atoms with Crippen LogP contribution >= 0.6 is 11.6 Å². The number of nitrogens with zero attached hydrogens (tertiary/aromatic N) is 1. The number of rotatable bonds is 4. The van der Waals surface area contributed by atoms with Gasteiger partial charge in [-0.15, -0.1) is 0 Å². The Morgan fingerprint density at radius 3 is 2.45 bits per heavy atom. The van der Waals surface area contributed by atoms with Crippen LogP contribution in [0.25, 0.3) is 0 Å². The lowest BCUT2D eigenvalue weighted by atomic mass is 10.0. The van der Waals surface area contributed by atoms with Crippen LogP contribution in [-0.4, -0.2) is 13.1 Å². The molecular formula is C16H18ClFN2. The molecule has 0 radical (unpaired) electrons. The molecule has 20 heavy (non-hydrogen) atoms. The third-order valence-electron chi connectivity index (χ3n) is 3.16. The molecule has 2 aromatic carbocycles. The highest BCUT2D eigenvalue weighted by Crippen LogP contribution is 2.34. The first-order chi connectivity index (χ1) is 9.49. The topological polar surface area (TPSA) is 29.3 Å². The number of hydrogen-bond acceptors (Lipinski definition) is 2. The van der Waals surface area contributed by atoms with Crippen molar-refractivity contribution in [3.8, 4) is 0 Å². The molecule has 0 heterocycles. The minimum atomic E-state index is -0.253. The van der Waals surface area contributed by atoms with Gasteiger partial charge in [-0.2, -0.15) is 0 Å². The fraction of sp³-hybridized carbons (Fsp3) is 0.250. The Bertz CT molecular complexity index is 582. The normalized spacial score (nSPS) is 12.2. The van der Waals surface area contributed by atoms with Gasteiger partial charge in [0, 0.05) is 18.8 Å². The number of benzene rings is 2. The smallest absolute Gasteiger partial charge is 0.123 e. The van der Waals surface area contributed by atoms with E-state index < -0.39 is 0 Å². The molecule has 0 saturated carbocycles. The molecule has 106 valence electrons. The maximum absolute atomic E-state index is 13.0. The average Bonchev–Trinajstić information content (AvgIpc) is 2.38. The van der Waals surface area contributed by atoms with E-state index in [0.717, 1.165) is 23.4 Å². The number of nitrogens with two attached hydrogens (primary N) is 1. The van der Waals surface area contributed by atoms with Gasteiger partial charge >= 0.3 is 0 Å². The number of para-hydroxylation sites is 1. The van der Waals surface area contributed by atoms with Crippen LogP contribution < -0.4 is 10.6 Å².